The molecule has 0 aliphatic heterocycles. The zero-order valence-corrected chi connectivity index (χ0v) is 12.6. The first-order chi connectivity index (χ1) is 11.5. The minimum atomic E-state index is -0.849. The molecule has 1 aromatic carbocycles. The number of nitrogens with zero attached hydrogens (tertiary/aromatic N) is 4. The average molecular weight is 347 g/mol. The molecule has 24 heavy (non-hydrogen) atoms. The largest absolute Gasteiger partial charge is 0.505 e. The van der Waals surface area contributed by atoms with Crippen LogP contribution in [0.1, 0.15) is 0 Å². The normalized spacial score (nSPS) is 11.2. The summed E-state index contributed by atoms with van der Waals surface area (Å²) in [6.45, 7) is 0. The van der Waals surface area contributed by atoms with Crippen LogP contribution in [-0.2, 0) is 0 Å². The van der Waals surface area contributed by atoms with Crippen LogP contribution in [0.25, 0.3) is 28.6 Å². The van der Waals surface area contributed by atoms with Crippen molar-refractivity contribution in [1.29, 1.82) is 0 Å². The maximum Gasteiger partial charge on any atom is 0.278 e. The zero-order valence-electron chi connectivity index (χ0n) is 11.8. The van der Waals surface area contributed by atoms with E-state index in [2.05, 4.69) is 15.1 Å². The highest BCUT2D eigenvalue weighted by Gasteiger charge is 2.18. The first-order valence-corrected chi connectivity index (χ1v) is 7.10. The van der Waals surface area contributed by atoms with E-state index in [1.165, 1.54) is 6.07 Å². The predicted octanol–water partition coefficient (Wildman–Crippen LogP) is 3.26. The number of phenolic OH excluding ortho intramolecular Hbond substituents is 1. The summed E-state index contributed by atoms with van der Waals surface area (Å²) in [6.07, 6.45) is 3.31. The molecule has 120 valence electrons. The number of aromatic hydroxyl groups is 2. The number of phenols is 1. The van der Waals surface area contributed by atoms with Crippen molar-refractivity contribution < 1.29 is 19.1 Å². The quantitative estimate of drug-likeness (QED) is 0.578. The number of halogens is 2. The van der Waals surface area contributed by atoms with Gasteiger partial charge in [-0.15, -0.1) is 0 Å². The van der Waals surface area contributed by atoms with E-state index in [9.17, 15) is 14.6 Å². The summed E-state index contributed by atoms with van der Waals surface area (Å²) in [5.41, 5.74) is 0.847. The molecule has 0 unspecified atom stereocenters. The Bertz CT molecular complexity index is 1080. The van der Waals surface area contributed by atoms with Crippen molar-refractivity contribution in [2.75, 3.05) is 0 Å². The molecule has 4 aromatic rings. The van der Waals surface area contributed by atoms with E-state index < -0.39 is 11.6 Å². The lowest BCUT2D eigenvalue weighted by atomic mass is 10.2. The first-order valence-electron chi connectivity index (χ1n) is 6.72. The third kappa shape index (κ3) is 2.24. The van der Waals surface area contributed by atoms with Gasteiger partial charge < -0.3 is 19.1 Å². The molecule has 0 amide bonds. The second-order valence-electron chi connectivity index (χ2n) is 4.96. The van der Waals surface area contributed by atoms with Gasteiger partial charge in [0.1, 0.15) is 5.69 Å². The van der Waals surface area contributed by atoms with E-state index in [0.717, 1.165) is 12.1 Å². The smallest absolute Gasteiger partial charge is 0.278 e. The van der Waals surface area contributed by atoms with Crippen LogP contribution in [0.2, 0.25) is 5.02 Å². The molecule has 0 radical (unpaired) electrons. The molecule has 7 nitrogen and oxygen atoms in total. The third-order valence-electron chi connectivity index (χ3n) is 3.38. The molecule has 0 aliphatic rings. The van der Waals surface area contributed by atoms with E-state index in [1.807, 2.05) is 0 Å². The molecule has 0 spiro atoms. The number of benzene rings is 1. The van der Waals surface area contributed by atoms with Crippen LogP contribution in [-0.4, -0.2) is 29.7 Å². The van der Waals surface area contributed by atoms with E-state index in [4.69, 9.17) is 16.1 Å². The standard InChI is InChI=1S/C15H8ClFN4O3/c16-8-5-12(23)9(17)4-7(8)13-19-15(24-20-13)10-6-21-3-1-2-11(22)14(21)18-10/h1-6,22-23H. The SMILES string of the molecule is Oc1cc(Cl)c(-c2noc(-c3cn4cccc(O)c4n3)n2)cc1F. The molecular formula is C15H8ClFN4O3. The summed E-state index contributed by atoms with van der Waals surface area (Å²) >= 11 is 5.98. The number of fused-ring (bicyclic) bond motifs is 1. The van der Waals surface area contributed by atoms with Crippen LogP contribution in [0.15, 0.2) is 41.2 Å². The number of imidazole rings is 1. The first kappa shape index (κ1) is 14.5. The van der Waals surface area contributed by atoms with Gasteiger partial charge in [-0.1, -0.05) is 16.8 Å². The van der Waals surface area contributed by atoms with Crippen molar-refractivity contribution in [2.45, 2.75) is 0 Å². The number of rotatable bonds is 2. The monoisotopic (exact) mass is 346 g/mol. The molecule has 0 fully saturated rings. The Hall–Kier alpha value is -3.13. The van der Waals surface area contributed by atoms with Crippen molar-refractivity contribution in [2.24, 2.45) is 0 Å². The summed E-state index contributed by atoms with van der Waals surface area (Å²) in [4.78, 5) is 8.35. The zero-order chi connectivity index (χ0) is 16.8. The van der Waals surface area contributed by atoms with Gasteiger partial charge in [0.05, 0.1) is 5.02 Å². The average Bonchev–Trinajstić information content (AvgIpc) is 3.18. The maximum absolute atomic E-state index is 13.5. The minimum absolute atomic E-state index is 0.00661. The van der Waals surface area contributed by atoms with Crippen molar-refractivity contribution in [1.82, 2.24) is 19.5 Å². The Morgan fingerprint density at radius 2 is 2.00 bits per heavy atom. The molecule has 0 saturated carbocycles. The van der Waals surface area contributed by atoms with Gasteiger partial charge in [0, 0.05) is 24.0 Å². The lowest BCUT2D eigenvalue weighted by Crippen LogP contribution is -1.86. The molecule has 0 aliphatic carbocycles. The van der Waals surface area contributed by atoms with Gasteiger partial charge >= 0.3 is 0 Å². The van der Waals surface area contributed by atoms with Crippen LogP contribution in [0, 0.1) is 5.82 Å². The second-order valence-corrected chi connectivity index (χ2v) is 5.36. The topological polar surface area (TPSA) is 96.7 Å². The van der Waals surface area contributed by atoms with Crippen molar-refractivity contribution in [3.63, 3.8) is 0 Å². The lowest BCUT2D eigenvalue weighted by Gasteiger charge is -2.00. The molecular weight excluding hydrogens is 339 g/mol. The molecule has 0 saturated heterocycles. The Morgan fingerprint density at radius 1 is 1.17 bits per heavy atom. The Kier molecular flexibility index (Phi) is 3.14. The van der Waals surface area contributed by atoms with Gasteiger partial charge in [-0.05, 0) is 18.2 Å². The van der Waals surface area contributed by atoms with Crippen LogP contribution in [0.5, 0.6) is 11.5 Å². The van der Waals surface area contributed by atoms with Gasteiger partial charge in [0.2, 0.25) is 5.82 Å². The van der Waals surface area contributed by atoms with E-state index >= 15 is 0 Å². The summed E-state index contributed by atoms with van der Waals surface area (Å²) < 4.78 is 20.3. The number of hydrogen-bond donors (Lipinski definition) is 2. The van der Waals surface area contributed by atoms with Gasteiger partial charge in [0.15, 0.2) is 23.0 Å². The lowest BCUT2D eigenvalue weighted by molar-refractivity contribution is 0.429. The molecule has 0 atom stereocenters. The van der Waals surface area contributed by atoms with Crippen molar-refractivity contribution in [3.05, 3.63) is 47.5 Å². The fraction of sp³-hybridized carbons (Fsp3) is 0. The third-order valence-corrected chi connectivity index (χ3v) is 3.70. The summed E-state index contributed by atoms with van der Waals surface area (Å²) in [5, 5.41) is 22.9. The molecule has 3 heterocycles. The molecule has 0 bridgehead atoms. The van der Waals surface area contributed by atoms with E-state index in [0.29, 0.717) is 11.3 Å². The van der Waals surface area contributed by atoms with Crippen molar-refractivity contribution in [3.8, 4) is 34.5 Å². The van der Waals surface area contributed by atoms with Crippen LogP contribution in [0.3, 0.4) is 0 Å². The summed E-state index contributed by atoms with van der Waals surface area (Å²) in [6, 6.07) is 5.24. The van der Waals surface area contributed by atoms with Gasteiger partial charge in [-0.2, -0.15) is 4.98 Å². The van der Waals surface area contributed by atoms with Gasteiger partial charge in [0.25, 0.3) is 5.89 Å². The minimum Gasteiger partial charge on any atom is -0.505 e. The van der Waals surface area contributed by atoms with Crippen LogP contribution >= 0.6 is 11.6 Å². The molecule has 2 N–H and O–H groups in total. The highest BCUT2D eigenvalue weighted by molar-refractivity contribution is 6.33. The Morgan fingerprint density at radius 3 is 2.79 bits per heavy atom. The van der Waals surface area contributed by atoms with Gasteiger partial charge in [-0.3, -0.25) is 0 Å². The molecule has 3 aromatic heterocycles. The fourth-order valence-electron chi connectivity index (χ4n) is 2.25. The van der Waals surface area contributed by atoms with Gasteiger partial charge in [-0.25, -0.2) is 9.37 Å². The Balaban J connectivity index is 1.79. The highest BCUT2D eigenvalue weighted by atomic mass is 35.5. The molecule has 9 heteroatoms. The number of pyridine rings is 1. The summed E-state index contributed by atoms with van der Waals surface area (Å²) in [5.74, 6) is -1.28. The number of hydrogen-bond acceptors (Lipinski definition) is 6. The van der Waals surface area contributed by atoms with E-state index in [1.54, 1.807) is 22.9 Å². The fourth-order valence-corrected chi connectivity index (χ4v) is 2.49. The predicted molar refractivity (Wildman–Crippen MR) is 82.2 cm³/mol. The second kappa shape index (κ2) is 5.20. The summed E-state index contributed by atoms with van der Waals surface area (Å²) in [7, 11) is 0. The van der Waals surface area contributed by atoms with Crippen molar-refractivity contribution >= 4 is 17.2 Å². The van der Waals surface area contributed by atoms with Crippen LogP contribution in [0.4, 0.5) is 4.39 Å². The highest BCUT2D eigenvalue weighted by Crippen LogP contribution is 2.32. The Labute approximate surface area is 138 Å². The van der Waals surface area contributed by atoms with E-state index in [-0.39, 0.29) is 28.1 Å². The maximum atomic E-state index is 13.5. The number of aromatic nitrogens is 4. The molecule has 4 rings (SSSR count). The van der Waals surface area contributed by atoms with Crippen LogP contribution < -0.4 is 0 Å².